The zero-order valence-corrected chi connectivity index (χ0v) is 20.6. The fourth-order valence-electron chi connectivity index (χ4n) is 7.50. The fourth-order valence-corrected chi connectivity index (χ4v) is 8.13. The van der Waals surface area contributed by atoms with Gasteiger partial charge in [0, 0.05) is 10.8 Å². The quantitative estimate of drug-likeness (QED) is 0.302. The van der Waals surface area contributed by atoms with Crippen LogP contribution in [0.2, 0.25) is 0 Å². The molecule has 4 aliphatic rings. The largest absolute Gasteiger partial charge is 0.457 e. The molecule has 0 spiro atoms. The highest BCUT2D eigenvalue weighted by molar-refractivity contribution is 6.26. The van der Waals surface area contributed by atoms with Crippen LogP contribution in [-0.4, -0.2) is 57.5 Å². The zero-order valence-electron chi connectivity index (χ0n) is 19.1. The van der Waals surface area contributed by atoms with Gasteiger partial charge in [0.15, 0.2) is 12.4 Å². The fraction of sp³-hybridized carbons (Fsp3) is 0.708. The van der Waals surface area contributed by atoms with Crippen LogP contribution < -0.4 is 4.84 Å². The summed E-state index contributed by atoms with van der Waals surface area (Å²) in [6, 6.07) is 0. The number of ketones is 2. The van der Waals surface area contributed by atoms with E-state index in [0.717, 1.165) is 5.57 Å². The summed E-state index contributed by atoms with van der Waals surface area (Å²) >= 11 is 12.7. The molecule has 0 radical (unpaired) electrons. The van der Waals surface area contributed by atoms with Crippen LogP contribution in [0.15, 0.2) is 23.8 Å². The first kappa shape index (κ1) is 24.9. The molecule has 0 saturated heterocycles. The molecular formula is C24H31Cl2NO6. The number of halogens is 2. The topological polar surface area (TPSA) is 113 Å². The summed E-state index contributed by atoms with van der Waals surface area (Å²) in [5, 5.41) is 23.4. The van der Waals surface area contributed by atoms with Gasteiger partial charge in [-0.2, -0.15) is 0 Å². The molecule has 3 saturated carbocycles. The van der Waals surface area contributed by atoms with Gasteiger partial charge < -0.3 is 14.9 Å². The van der Waals surface area contributed by atoms with E-state index in [0.29, 0.717) is 19.3 Å². The molecule has 0 aromatic rings. The van der Waals surface area contributed by atoms with E-state index in [9.17, 15) is 24.6 Å². The summed E-state index contributed by atoms with van der Waals surface area (Å²) in [6.07, 6.45) is 5.91. The van der Waals surface area contributed by atoms with Crippen LogP contribution in [0.5, 0.6) is 0 Å². The molecule has 3 fully saturated rings. The van der Waals surface area contributed by atoms with Gasteiger partial charge in [0.05, 0.1) is 11.0 Å². The predicted molar refractivity (Wildman–Crippen MR) is 122 cm³/mol. The summed E-state index contributed by atoms with van der Waals surface area (Å²) < 4.78 is 5.01. The second kappa shape index (κ2) is 8.16. The van der Waals surface area contributed by atoms with Gasteiger partial charge in [-0.15, -0.1) is 11.6 Å². The molecule has 9 heteroatoms. The Morgan fingerprint density at radius 3 is 2.67 bits per heavy atom. The van der Waals surface area contributed by atoms with Gasteiger partial charge in [-0.3, -0.25) is 14.4 Å². The molecule has 0 bridgehead atoms. The number of alkyl halides is 1. The highest BCUT2D eigenvalue weighted by atomic mass is 35.5. The highest BCUT2D eigenvalue weighted by Crippen LogP contribution is 2.71. The van der Waals surface area contributed by atoms with E-state index in [1.807, 2.05) is 26.8 Å². The van der Waals surface area contributed by atoms with Crippen molar-refractivity contribution in [2.45, 2.75) is 63.0 Å². The Labute approximate surface area is 203 Å². The van der Waals surface area contributed by atoms with Gasteiger partial charge in [-0.25, -0.2) is 4.84 Å². The first-order valence-corrected chi connectivity index (χ1v) is 12.2. The van der Waals surface area contributed by atoms with Crippen LogP contribution >= 0.6 is 23.4 Å². The lowest BCUT2D eigenvalue weighted by molar-refractivity contribution is -0.182. The number of rotatable bonds is 5. The van der Waals surface area contributed by atoms with E-state index in [1.54, 1.807) is 6.08 Å². The number of hydrogen-bond acceptors (Lipinski definition) is 7. The molecule has 0 aliphatic heterocycles. The third-order valence-electron chi connectivity index (χ3n) is 9.22. The molecule has 4 rings (SSSR count). The van der Waals surface area contributed by atoms with Crippen LogP contribution in [0.25, 0.3) is 0 Å². The number of aliphatic hydroxyl groups excluding tert-OH is 1. The lowest BCUT2D eigenvalue weighted by Gasteiger charge is -2.63. The van der Waals surface area contributed by atoms with E-state index in [4.69, 9.17) is 28.1 Å². The van der Waals surface area contributed by atoms with Crippen LogP contribution in [0.3, 0.4) is 0 Å². The molecule has 3 N–H and O–H groups in total. The van der Waals surface area contributed by atoms with Crippen molar-refractivity contribution in [2.24, 2.45) is 28.6 Å². The second-order valence-corrected chi connectivity index (χ2v) is 11.5. The number of esters is 1. The number of ether oxygens (including phenoxy) is 1. The van der Waals surface area contributed by atoms with E-state index in [2.05, 4.69) is 4.84 Å². The molecule has 0 amide bonds. The Morgan fingerprint density at radius 2 is 2.00 bits per heavy atom. The van der Waals surface area contributed by atoms with Gasteiger partial charge >= 0.3 is 5.97 Å². The van der Waals surface area contributed by atoms with Gasteiger partial charge in [0.1, 0.15) is 12.1 Å². The zero-order chi connectivity index (χ0) is 24.4. The highest BCUT2D eigenvalue weighted by Gasteiger charge is 2.74. The maximum absolute atomic E-state index is 13.3. The number of fused-ring (bicyclic) bond motifs is 5. The van der Waals surface area contributed by atoms with Gasteiger partial charge in [-0.1, -0.05) is 32.4 Å². The number of aliphatic hydroxyl groups is 2. The standard InChI is InChI=1S/C24H31Cl2NO6/c1-13-8-17-16-5-4-14-9-15(28)6-7-21(14,2)23(16,25)18(29)10-22(17,3)24(13,32)19(30)12-33-20(31)11-27-26/h6-7,9,13,16-18,27,29,32H,4-5,8,10-12H2,1-3H3/t13-,16-,17-,18-,21-,22-,23-,24-/m0/s1. The lowest BCUT2D eigenvalue weighted by Crippen LogP contribution is -2.69. The van der Waals surface area contributed by atoms with Crippen molar-refractivity contribution in [1.82, 2.24) is 4.84 Å². The molecule has 0 aromatic carbocycles. The predicted octanol–water partition coefficient (Wildman–Crippen LogP) is 2.46. The maximum atomic E-state index is 13.3. The average molecular weight is 500 g/mol. The van der Waals surface area contributed by atoms with Crippen LogP contribution in [0.1, 0.15) is 46.5 Å². The van der Waals surface area contributed by atoms with Crippen molar-refractivity contribution in [3.05, 3.63) is 23.8 Å². The normalized spacial score (nSPS) is 46.2. The van der Waals surface area contributed by atoms with E-state index < -0.39 is 51.7 Å². The van der Waals surface area contributed by atoms with Crippen molar-refractivity contribution < 1.29 is 29.3 Å². The molecule has 0 unspecified atom stereocenters. The third kappa shape index (κ3) is 3.23. The average Bonchev–Trinajstić information content (AvgIpc) is 2.95. The Hall–Kier alpha value is -1.25. The Morgan fingerprint density at radius 1 is 1.30 bits per heavy atom. The summed E-state index contributed by atoms with van der Waals surface area (Å²) in [6.45, 7) is 4.80. The molecule has 7 nitrogen and oxygen atoms in total. The number of carbonyl (C=O) groups excluding carboxylic acids is 3. The maximum Gasteiger partial charge on any atom is 0.321 e. The molecule has 182 valence electrons. The van der Waals surface area contributed by atoms with Crippen LogP contribution in [-0.2, 0) is 19.1 Å². The third-order valence-corrected chi connectivity index (χ3v) is 10.3. The van der Waals surface area contributed by atoms with E-state index in [1.165, 1.54) is 6.08 Å². The van der Waals surface area contributed by atoms with Crippen molar-refractivity contribution in [1.29, 1.82) is 0 Å². The SMILES string of the molecule is C[C@H]1C[C@H]2[C@@H]3CCC4=CC(=O)C=C[C@]4(C)[C@@]3(Cl)[C@@H](O)C[C@]2(C)[C@@]1(O)C(=O)COC(=O)CNCl. The van der Waals surface area contributed by atoms with Crippen molar-refractivity contribution >= 4 is 40.9 Å². The lowest BCUT2D eigenvalue weighted by atomic mass is 9.45. The summed E-state index contributed by atoms with van der Waals surface area (Å²) in [5.41, 5.74) is -2.51. The molecule has 8 atom stereocenters. The first-order valence-electron chi connectivity index (χ1n) is 11.4. The Bertz CT molecular complexity index is 951. The number of nitrogens with one attached hydrogen (secondary N) is 1. The number of hydrogen-bond donors (Lipinski definition) is 3. The van der Waals surface area contributed by atoms with Crippen molar-refractivity contribution in [3.63, 3.8) is 0 Å². The van der Waals surface area contributed by atoms with Gasteiger partial charge in [0.25, 0.3) is 0 Å². The van der Waals surface area contributed by atoms with Gasteiger partial charge in [-0.05, 0) is 67.4 Å². The smallest absolute Gasteiger partial charge is 0.321 e. The molecule has 0 aromatic heterocycles. The minimum absolute atomic E-state index is 0.0790. The second-order valence-electron chi connectivity index (χ2n) is 10.6. The Kier molecular flexibility index (Phi) is 6.15. The summed E-state index contributed by atoms with van der Waals surface area (Å²) in [5.74, 6) is -2.08. The minimum atomic E-state index is -1.78. The van der Waals surface area contributed by atoms with Crippen LogP contribution in [0, 0.1) is 28.6 Å². The van der Waals surface area contributed by atoms with E-state index >= 15 is 0 Å². The van der Waals surface area contributed by atoms with Gasteiger partial charge in [0.2, 0.25) is 5.78 Å². The minimum Gasteiger partial charge on any atom is -0.457 e. The number of Topliss-reactive ketones (excluding diaryl/α,β-unsaturated/α-hetero) is 1. The van der Waals surface area contributed by atoms with Crippen LogP contribution in [0.4, 0.5) is 0 Å². The first-order chi connectivity index (χ1) is 15.4. The molecular weight excluding hydrogens is 469 g/mol. The number of carbonyl (C=O) groups is 3. The number of allylic oxidation sites excluding steroid dienone is 4. The molecule has 4 aliphatic carbocycles. The molecule has 0 heterocycles. The van der Waals surface area contributed by atoms with E-state index in [-0.39, 0.29) is 30.6 Å². The van der Waals surface area contributed by atoms with Crippen molar-refractivity contribution in [3.8, 4) is 0 Å². The summed E-state index contributed by atoms with van der Waals surface area (Å²) in [4.78, 5) is 38.0. The summed E-state index contributed by atoms with van der Waals surface area (Å²) in [7, 11) is 0. The monoisotopic (exact) mass is 499 g/mol. The Balaban J connectivity index is 1.69. The van der Waals surface area contributed by atoms with Crippen molar-refractivity contribution in [2.75, 3.05) is 13.2 Å². The molecule has 33 heavy (non-hydrogen) atoms.